The van der Waals surface area contributed by atoms with Gasteiger partial charge in [0.15, 0.2) is 0 Å². The first kappa shape index (κ1) is 9.03. The summed E-state index contributed by atoms with van der Waals surface area (Å²) in [5, 5.41) is 0. The number of rotatable bonds is 3. The van der Waals surface area contributed by atoms with Crippen molar-refractivity contribution in [1.82, 2.24) is 0 Å². The highest BCUT2D eigenvalue weighted by atomic mass is 79.9. The molecular weight excluding hydrogens is 232 g/mol. The van der Waals surface area contributed by atoms with Gasteiger partial charge in [0.1, 0.15) is 18.5 Å². The molecule has 0 amide bonds. The Kier molecular flexibility index (Phi) is 2.56. The van der Waals surface area contributed by atoms with Gasteiger partial charge in [-0.1, -0.05) is 22.0 Å². The Morgan fingerprint density at radius 2 is 2.38 bits per heavy atom. The van der Waals surface area contributed by atoms with Gasteiger partial charge in [-0.3, -0.25) is 0 Å². The molecule has 70 valence electrons. The second-order valence-electron chi connectivity index (χ2n) is 3.18. The van der Waals surface area contributed by atoms with Gasteiger partial charge in [0.2, 0.25) is 0 Å². The molecule has 1 aliphatic heterocycles. The molecule has 0 spiro atoms. The largest absolute Gasteiger partial charge is 0.490 e. The Morgan fingerprint density at radius 1 is 1.62 bits per heavy atom. The molecule has 0 N–H and O–H groups in total. The van der Waals surface area contributed by atoms with Gasteiger partial charge in [-0.2, -0.15) is 0 Å². The van der Waals surface area contributed by atoms with E-state index in [4.69, 9.17) is 9.47 Å². The molecule has 1 fully saturated rings. The van der Waals surface area contributed by atoms with Crippen molar-refractivity contribution in [3.05, 3.63) is 28.2 Å². The number of aryl methyl sites for hydroxylation is 1. The molecule has 1 atom stereocenters. The summed E-state index contributed by atoms with van der Waals surface area (Å²) < 4.78 is 11.7. The predicted molar refractivity (Wildman–Crippen MR) is 54.1 cm³/mol. The Hall–Kier alpha value is -0.540. The van der Waals surface area contributed by atoms with Crippen LogP contribution in [-0.2, 0) is 4.74 Å². The molecular formula is C10H11BrO2. The first-order chi connectivity index (χ1) is 6.25. The van der Waals surface area contributed by atoms with Crippen molar-refractivity contribution in [2.45, 2.75) is 13.0 Å². The molecule has 1 saturated heterocycles. The fraction of sp³-hybridized carbons (Fsp3) is 0.400. The Balaban J connectivity index is 2.03. The lowest BCUT2D eigenvalue weighted by molar-refractivity contribution is 0.261. The van der Waals surface area contributed by atoms with Gasteiger partial charge in [0, 0.05) is 4.47 Å². The van der Waals surface area contributed by atoms with Gasteiger partial charge < -0.3 is 9.47 Å². The molecule has 13 heavy (non-hydrogen) atoms. The topological polar surface area (TPSA) is 21.8 Å². The van der Waals surface area contributed by atoms with Crippen LogP contribution < -0.4 is 4.74 Å². The minimum Gasteiger partial charge on any atom is -0.490 e. The third-order valence-corrected chi connectivity index (χ3v) is 2.47. The summed E-state index contributed by atoms with van der Waals surface area (Å²) in [4.78, 5) is 0. The highest BCUT2D eigenvalue weighted by molar-refractivity contribution is 9.10. The normalized spacial score (nSPS) is 20.0. The summed E-state index contributed by atoms with van der Waals surface area (Å²) in [5.74, 6) is 0.935. The lowest BCUT2D eigenvalue weighted by atomic mass is 10.2. The van der Waals surface area contributed by atoms with Crippen molar-refractivity contribution in [3.63, 3.8) is 0 Å². The second kappa shape index (κ2) is 3.68. The maximum atomic E-state index is 5.59. The lowest BCUT2D eigenvalue weighted by Gasteiger charge is -2.07. The molecule has 0 aromatic heterocycles. The second-order valence-corrected chi connectivity index (χ2v) is 4.09. The average Bonchev–Trinajstić information content (AvgIpc) is 2.90. The zero-order valence-electron chi connectivity index (χ0n) is 7.42. The van der Waals surface area contributed by atoms with E-state index >= 15 is 0 Å². The Bertz CT molecular complexity index is 308. The zero-order chi connectivity index (χ0) is 9.26. The van der Waals surface area contributed by atoms with Crippen molar-refractivity contribution in [1.29, 1.82) is 0 Å². The van der Waals surface area contributed by atoms with Crippen molar-refractivity contribution < 1.29 is 9.47 Å². The molecule has 0 radical (unpaired) electrons. The van der Waals surface area contributed by atoms with Crippen molar-refractivity contribution in [2.24, 2.45) is 0 Å². The van der Waals surface area contributed by atoms with E-state index in [0.29, 0.717) is 12.7 Å². The number of halogens is 1. The van der Waals surface area contributed by atoms with Gasteiger partial charge in [0.25, 0.3) is 0 Å². The van der Waals surface area contributed by atoms with E-state index in [9.17, 15) is 0 Å². The van der Waals surface area contributed by atoms with Crippen LogP contribution in [0.3, 0.4) is 0 Å². The van der Waals surface area contributed by atoms with Crippen LogP contribution in [0, 0.1) is 6.92 Å². The van der Waals surface area contributed by atoms with Gasteiger partial charge >= 0.3 is 0 Å². The zero-order valence-corrected chi connectivity index (χ0v) is 9.00. The summed E-state index contributed by atoms with van der Waals surface area (Å²) in [5.41, 5.74) is 1.16. The fourth-order valence-corrected chi connectivity index (χ4v) is 1.42. The molecule has 0 bridgehead atoms. The summed E-state index contributed by atoms with van der Waals surface area (Å²) in [6.07, 6.45) is 0.318. The monoisotopic (exact) mass is 242 g/mol. The number of benzene rings is 1. The molecule has 0 saturated carbocycles. The summed E-state index contributed by atoms with van der Waals surface area (Å²) in [7, 11) is 0. The van der Waals surface area contributed by atoms with Gasteiger partial charge in [-0.05, 0) is 24.6 Å². The van der Waals surface area contributed by atoms with Crippen LogP contribution in [0.25, 0.3) is 0 Å². The van der Waals surface area contributed by atoms with Crippen LogP contribution in [0.4, 0.5) is 0 Å². The smallest absolute Gasteiger partial charge is 0.123 e. The highest BCUT2D eigenvalue weighted by Crippen LogP contribution is 2.23. The summed E-state index contributed by atoms with van der Waals surface area (Å²) >= 11 is 3.41. The van der Waals surface area contributed by atoms with Crippen molar-refractivity contribution in [2.75, 3.05) is 13.2 Å². The van der Waals surface area contributed by atoms with Crippen LogP contribution >= 0.6 is 15.9 Å². The molecule has 3 heteroatoms. The first-order valence-electron chi connectivity index (χ1n) is 4.26. The summed E-state index contributed by atoms with van der Waals surface area (Å²) in [6.45, 7) is 3.54. The maximum Gasteiger partial charge on any atom is 0.123 e. The highest BCUT2D eigenvalue weighted by Gasteiger charge is 2.23. The molecule has 1 aromatic carbocycles. The predicted octanol–water partition coefficient (Wildman–Crippen LogP) is 2.54. The minimum atomic E-state index is 0.318. The number of epoxide rings is 1. The van der Waals surface area contributed by atoms with Crippen LogP contribution in [0.1, 0.15) is 5.56 Å². The molecule has 1 heterocycles. The van der Waals surface area contributed by atoms with E-state index in [1.807, 2.05) is 25.1 Å². The quantitative estimate of drug-likeness (QED) is 0.761. The first-order valence-corrected chi connectivity index (χ1v) is 5.05. The lowest BCUT2D eigenvalue weighted by Crippen LogP contribution is -2.04. The van der Waals surface area contributed by atoms with E-state index in [1.165, 1.54) is 0 Å². The molecule has 1 aromatic rings. The van der Waals surface area contributed by atoms with Crippen LogP contribution in [0.5, 0.6) is 5.75 Å². The minimum absolute atomic E-state index is 0.318. The Labute approximate surface area is 86.0 Å². The van der Waals surface area contributed by atoms with E-state index in [2.05, 4.69) is 15.9 Å². The average molecular weight is 243 g/mol. The number of hydrogen-bond donors (Lipinski definition) is 0. The van der Waals surface area contributed by atoms with Crippen LogP contribution in [0.15, 0.2) is 22.7 Å². The fourth-order valence-electron chi connectivity index (χ4n) is 1.08. The van der Waals surface area contributed by atoms with Crippen molar-refractivity contribution in [3.8, 4) is 5.75 Å². The number of ether oxygens (including phenoxy) is 2. The van der Waals surface area contributed by atoms with E-state index in [-0.39, 0.29) is 0 Å². The Morgan fingerprint density at radius 3 is 3.08 bits per heavy atom. The SMILES string of the molecule is Cc1ccc(Br)cc1OCC1CO1. The molecule has 2 rings (SSSR count). The van der Waals surface area contributed by atoms with E-state index < -0.39 is 0 Å². The van der Waals surface area contributed by atoms with E-state index in [1.54, 1.807) is 0 Å². The van der Waals surface area contributed by atoms with Gasteiger partial charge in [-0.15, -0.1) is 0 Å². The molecule has 2 nitrogen and oxygen atoms in total. The third kappa shape index (κ3) is 2.45. The van der Waals surface area contributed by atoms with Gasteiger partial charge in [-0.25, -0.2) is 0 Å². The standard InChI is InChI=1S/C10H11BrO2/c1-7-2-3-8(11)4-10(7)13-6-9-5-12-9/h2-4,9H,5-6H2,1H3. The summed E-state index contributed by atoms with van der Waals surface area (Å²) in [6, 6.07) is 6.03. The third-order valence-electron chi connectivity index (χ3n) is 1.98. The molecule has 1 unspecified atom stereocenters. The van der Waals surface area contributed by atoms with Crippen LogP contribution in [0.2, 0.25) is 0 Å². The molecule has 1 aliphatic rings. The maximum absolute atomic E-state index is 5.59. The number of hydrogen-bond acceptors (Lipinski definition) is 2. The molecule has 0 aliphatic carbocycles. The van der Waals surface area contributed by atoms with Crippen molar-refractivity contribution >= 4 is 15.9 Å². The van der Waals surface area contributed by atoms with Gasteiger partial charge in [0.05, 0.1) is 6.61 Å². The van der Waals surface area contributed by atoms with Crippen LogP contribution in [-0.4, -0.2) is 19.3 Å². The van der Waals surface area contributed by atoms with E-state index in [0.717, 1.165) is 22.4 Å².